The van der Waals surface area contributed by atoms with Crippen molar-refractivity contribution in [3.63, 3.8) is 0 Å². The summed E-state index contributed by atoms with van der Waals surface area (Å²) in [6.07, 6.45) is 2.73. The number of ether oxygens (including phenoxy) is 1. The van der Waals surface area contributed by atoms with E-state index in [0.717, 1.165) is 17.6 Å². The minimum atomic E-state index is -0.455. The van der Waals surface area contributed by atoms with Gasteiger partial charge in [0.25, 0.3) is 5.56 Å². The van der Waals surface area contributed by atoms with Crippen LogP contribution in [0.5, 0.6) is 0 Å². The minimum Gasteiger partial charge on any atom is -0.381 e. The molecule has 0 spiro atoms. The van der Waals surface area contributed by atoms with E-state index in [4.69, 9.17) is 4.74 Å². The van der Waals surface area contributed by atoms with Crippen molar-refractivity contribution in [3.05, 3.63) is 26.9 Å². The number of hydrogen-bond acceptors (Lipinski definition) is 5. The van der Waals surface area contributed by atoms with E-state index >= 15 is 0 Å². The summed E-state index contributed by atoms with van der Waals surface area (Å²) in [5, 5.41) is 5.67. The van der Waals surface area contributed by atoms with Crippen LogP contribution in [0.25, 0.3) is 0 Å². The Morgan fingerprint density at radius 3 is 3.00 bits per heavy atom. The summed E-state index contributed by atoms with van der Waals surface area (Å²) >= 11 is 0. The van der Waals surface area contributed by atoms with Crippen molar-refractivity contribution < 1.29 is 4.74 Å². The Bertz CT molecular complexity index is 523. The van der Waals surface area contributed by atoms with E-state index in [1.807, 2.05) is 0 Å². The van der Waals surface area contributed by atoms with Gasteiger partial charge in [-0.25, -0.2) is 4.79 Å². The molecular formula is C11H16N4O3. The van der Waals surface area contributed by atoms with Crippen LogP contribution in [0.1, 0.15) is 6.42 Å². The van der Waals surface area contributed by atoms with Crippen LogP contribution in [-0.4, -0.2) is 36.0 Å². The molecule has 1 aliphatic rings. The fourth-order valence-electron chi connectivity index (χ4n) is 1.64. The zero-order valence-electron chi connectivity index (χ0n) is 10.4. The second-order valence-electron chi connectivity index (χ2n) is 4.27. The molecule has 0 radical (unpaired) electrons. The predicted octanol–water partition coefficient (Wildman–Crippen LogP) is -0.468. The first kappa shape index (κ1) is 12.6. The molecule has 7 nitrogen and oxygen atoms in total. The topological polar surface area (TPSA) is 79.7 Å². The van der Waals surface area contributed by atoms with Crippen molar-refractivity contribution in [2.45, 2.75) is 6.42 Å². The minimum absolute atomic E-state index is 0.297. The molecule has 1 aromatic heterocycles. The molecule has 0 amide bonds. The van der Waals surface area contributed by atoms with Gasteiger partial charge in [0, 0.05) is 38.9 Å². The SMILES string of the molecule is CN(/N=C/C1CCOC1)c1cc(=O)n(C)c(=O)[nH]1. The summed E-state index contributed by atoms with van der Waals surface area (Å²) in [5.41, 5.74) is -0.816. The average molecular weight is 252 g/mol. The Balaban J connectivity index is 2.15. The maximum absolute atomic E-state index is 11.5. The van der Waals surface area contributed by atoms with Gasteiger partial charge >= 0.3 is 5.69 Å². The van der Waals surface area contributed by atoms with E-state index in [-0.39, 0.29) is 5.56 Å². The van der Waals surface area contributed by atoms with Crippen LogP contribution >= 0.6 is 0 Å². The third kappa shape index (κ3) is 2.67. The first-order valence-corrected chi connectivity index (χ1v) is 5.74. The molecule has 1 N–H and O–H groups in total. The van der Waals surface area contributed by atoms with Gasteiger partial charge in [-0.2, -0.15) is 5.10 Å². The normalized spacial score (nSPS) is 19.6. The molecule has 1 fully saturated rings. The number of anilines is 1. The van der Waals surface area contributed by atoms with E-state index in [9.17, 15) is 9.59 Å². The van der Waals surface area contributed by atoms with Gasteiger partial charge in [-0.05, 0) is 6.42 Å². The summed E-state index contributed by atoms with van der Waals surface area (Å²) in [4.78, 5) is 25.5. The van der Waals surface area contributed by atoms with Gasteiger partial charge in [0.2, 0.25) is 0 Å². The number of H-pyrrole nitrogens is 1. The Morgan fingerprint density at radius 1 is 1.61 bits per heavy atom. The molecule has 2 heterocycles. The Labute approximate surface area is 104 Å². The maximum Gasteiger partial charge on any atom is 0.329 e. The molecule has 1 atom stereocenters. The van der Waals surface area contributed by atoms with Crippen molar-refractivity contribution in [1.29, 1.82) is 0 Å². The molecule has 1 saturated heterocycles. The maximum atomic E-state index is 11.5. The highest BCUT2D eigenvalue weighted by Crippen LogP contribution is 2.10. The first-order chi connectivity index (χ1) is 8.58. The largest absolute Gasteiger partial charge is 0.381 e. The van der Waals surface area contributed by atoms with E-state index in [2.05, 4.69) is 10.1 Å². The van der Waals surface area contributed by atoms with Gasteiger partial charge in [-0.1, -0.05) is 0 Å². The molecule has 0 saturated carbocycles. The number of aromatic amines is 1. The highest BCUT2D eigenvalue weighted by Gasteiger charge is 2.13. The van der Waals surface area contributed by atoms with Crippen LogP contribution < -0.4 is 16.3 Å². The Hall–Kier alpha value is -1.89. The number of aromatic nitrogens is 2. The van der Waals surface area contributed by atoms with E-state index < -0.39 is 5.69 Å². The van der Waals surface area contributed by atoms with Gasteiger partial charge in [-0.15, -0.1) is 0 Å². The van der Waals surface area contributed by atoms with Crippen LogP contribution in [0.15, 0.2) is 20.8 Å². The monoisotopic (exact) mass is 252 g/mol. The number of nitrogens with one attached hydrogen (secondary N) is 1. The molecule has 1 aromatic rings. The third-order valence-corrected chi connectivity index (χ3v) is 2.89. The summed E-state index contributed by atoms with van der Waals surface area (Å²) in [7, 11) is 3.10. The van der Waals surface area contributed by atoms with Crippen molar-refractivity contribution in [3.8, 4) is 0 Å². The predicted molar refractivity (Wildman–Crippen MR) is 68.1 cm³/mol. The zero-order valence-corrected chi connectivity index (χ0v) is 10.4. The summed E-state index contributed by atoms with van der Waals surface area (Å²) in [5.74, 6) is 0.670. The quantitative estimate of drug-likeness (QED) is 0.582. The van der Waals surface area contributed by atoms with Crippen LogP contribution in [-0.2, 0) is 11.8 Å². The molecule has 0 bridgehead atoms. The summed E-state index contributed by atoms with van der Waals surface area (Å²) in [6.45, 7) is 1.42. The fourth-order valence-corrected chi connectivity index (χ4v) is 1.64. The first-order valence-electron chi connectivity index (χ1n) is 5.74. The molecule has 0 aromatic carbocycles. The molecule has 7 heteroatoms. The van der Waals surface area contributed by atoms with Gasteiger partial charge in [0.1, 0.15) is 5.82 Å². The molecule has 1 unspecified atom stereocenters. The lowest BCUT2D eigenvalue weighted by Gasteiger charge is -2.12. The molecule has 0 aliphatic carbocycles. The van der Waals surface area contributed by atoms with Gasteiger partial charge in [0.15, 0.2) is 0 Å². The van der Waals surface area contributed by atoms with Gasteiger partial charge in [0.05, 0.1) is 6.61 Å². The van der Waals surface area contributed by atoms with E-state index in [0.29, 0.717) is 18.3 Å². The number of nitrogens with zero attached hydrogens (tertiary/aromatic N) is 3. The van der Waals surface area contributed by atoms with Crippen LogP contribution in [0, 0.1) is 5.92 Å². The van der Waals surface area contributed by atoms with Crippen LogP contribution in [0.3, 0.4) is 0 Å². The second-order valence-corrected chi connectivity index (χ2v) is 4.27. The summed E-state index contributed by atoms with van der Waals surface area (Å²) in [6, 6.07) is 1.34. The number of hydrogen-bond donors (Lipinski definition) is 1. The molecule has 18 heavy (non-hydrogen) atoms. The Kier molecular flexibility index (Phi) is 3.61. The van der Waals surface area contributed by atoms with Gasteiger partial charge in [-0.3, -0.25) is 19.4 Å². The fraction of sp³-hybridized carbons (Fsp3) is 0.545. The summed E-state index contributed by atoms with van der Waals surface area (Å²) < 4.78 is 6.23. The molecule has 98 valence electrons. The lowest BCUT2D eigenvalue weighted by Crippen LogP contribution is -2.33. The van der Waals surface area contributed by atoms with Crippen LogP contribution in [0.4, 0.5) is 5.82 Å². The highest BCUT2D eigenvalue weighted by molar-refractivity contribution is 5.62. The number of hydrazone groups is 1. The van der Waals surface area contributed by atoms with Crippen molar-refractivity contribution >= 4 is 12.0 Å². The Morgan fingerprint density at radius 2 is 2.39 bits per heavy atom. The van der Waals surface area contributed by atoms with E-state index in [1.54, 1.807) is 13.3 Å². The smallest absolute Gasteiger partial charge is 0.329 e. The van der Waals surface area contributed by atoms with Crippen molar-refractivity contribution in [2.75, 3.05) is 25.3 Å². The molecule has 2 rings (SSSR count). The van der Waals surface area contributed by atoms with Crippen molar-refractivity contribution in [2.24, 2.45) is 18.1 Å². The lowest BCUT2D eigenvalue weighted by atomic mass is 10.1. The van der Waals surface area contributed by atoms with Crippen molar-refractivity contribution in [1.82, 2.24) is 9.55 Å². The average Bonchev–Trinajstić information content (AvgIpc) is 2.85. The highest BCUT2D eigenvalue weighted by atomic mass is 16.5. The standard InChI is InChI=1S/C11H16N4O3/c1-14-10(16)5-9(13-11(14)17)15(2)12-6-8-3-4-18-7-8/h5-6,8H,3-4,7H2,1-2H3,(H,13,17)/b12-6+. The van der Waals surface area contributed by atoms with Gasteiger partial charge < -0.3 is 4.74 Å². The van der Waals surface area contributed by atoms with E-state index in [1.165, 1.54) is 18.1 Å². The zero-order chi connectivity index (χ0) is 13.1. The number of rotatable bonds is 3. The van der Waals surface area contributed by atoms with Crippen LogP contribution in [0.2, 0.25) is 0 Å². The molecular weight excluding hydrogens is 236 g/mol. The lowest BCUT2D eigenvalue weighted by molar-refractivity contribution is 0.193. The second kappa shape index (κ2) is 5.18. The third-order valence-electron chi connectivity index (χ3n) is 2.89. The molecule has 1 aliphatic heterocycles.